The van der Waals surface area contributed by atoms with Gasteiger partial charge in [-0.1, -0.05) is 22.0 Å². The second kappa shape index (κ2) is 5.77. The number of benzene rings is 1. The van der Waals surface area contributed by atoms with Crippen LogP contribution < -0.4 is 10.6 Å². The smallest absolute Gasteiger partial charge is 0.249 e. The molecule has 0 spiro atoms. The molecule has 0 fully saturated rings. The third-order valence-electron chi connectivity index (χ3n) is 2.08. The van der Waals surface area contributed by atoms with Gasteiger partial charge in [-0.05, 0) is 32.0 Å². The molecule has 0 bridgehead atoms. The van der Waals surface area contributed by atoms with Gasteiger partial charge in [0.05, 0.1) is 6.20 Å². The van der Waals surface area contributed by atoms with Gasteiger partial charge in [-0.15, -0.1) is 5.10 Å². The molecular weight excluding hydrogens is 294 g/mol. The Morgan fingerprint density at radius 1 is 1.28 bits per heavy atom. The number of halogens is 1. The maximum atomic E-state index is 4.33. The summed E-state index contributed by atoms with van der Waals surface area (Å²) in [6, 6.07) is 8.10. The second-order valence-electron chi connectivity index (χ2n) is 4.10. The van der Waals surface area contributed by atoms with E-state index in [1.807, 2.05) is 38.1 Å². The Labute approximate surface area is 114 Å². The lowest BCUT2D eigenvalue weighted by atomic mass is 10.3. The van der Waals surface area contributed by atoms with Crippen LogP contribution in [0.3, 0.4) is 0 Å². The minimum Gasteiger partial charge on any atom is -0.366 e. The van der Waals surface area contributed by atoms with E-state index in [1.165, 1.54) is 0 Å². The molecule has 0 aliphatic carbocycles. The summed E-state index contributed by atoms with van der Waals surface area (Å²) in [6.07, 6.45) is 1.60. The summed E-state index contributed by atoms with van der Waals surface area (Å²) in [5.74, 6) is 1.18. The van der Waals surface area contributed by atoms with Crippen LogP contribution in [-0.4, -0.2) is 21.2 Å². The van der Waals surface area contributed by atoms with Crippen LogP contribution in [0.4, 0.5) is 17.5 Å². The van der Waals surface area contributed by atoms with Crippen LogP contribution in [0.25, 0.3) is 0 Å². The van der Waals surface area contributed by atoms with E-state index in [0.717, 1.165) is 10.2 Å². The molecular formula is C12H14BrN5. The predicted molar refractivity (Wildman–Crippen MR) is 76.0 cm³/mol. The third-order valence-corrected chi connectivity index (χ3v) is 2.57. The second-order valence-corrected chi connectivity index (χ2v) is 5.02. The van der Waals surface area contributed by atoms with Crippen LogP contribution in [0.2, 0.25) is 0 Å². The lowest BCUT2D eigenvalue weighted by Crippen LogP contribution is -2.12. The molecule has 2 N–H and O–H groups in total. The fourth-order valence-electron chi connectivity index (χ4n) is 1.42. The zero-order valence-corrected chi connectivity index (χ0v) is 11.8. The maximum Gasteiger partial charge on any atom is 0.249 e. The molecule has 1 aromatic heterocycles. The van der Waals surface area contributed by atoms with Gasteiger partial charge in [0.25, 0.3) is 0 Å². The van der Waals surface area contributed by atoms with Crippen molar-refractivity contribution in [1.82, 2.24) is 15.2 Å². The Morgan fingerprint density at radius 3 is 2.83 bits per heavy atom. The van der Waals surface area contributed by atoms with Crippen molar-refractivity contribution >= 4 is 33.4 Å². The standard InChI is InChI=1S/C12H14BrN5/c1-8(2)15-11-7-14-18-12(17-11)16-10-5-3-4-9(13)6-10/h3-8H,1-2H3,(H2,15,16,17,18). The van der Waals surface area contributed by atoms with Crippen molar-refractivity contribution in [2.45, 2.75) is 19.9 Å². The summed E-state index contributed by atoms with van der Waals surface area (Å²) in [5.41, 5.74) is 0.910. The van der Waals surface area contributed by atoms with Crippen LogP contribution in [0.5, 0.6) is 0 Å². The number of hydrogen-bond acceptors (Lipinski definition) is 5. The van der Waals surface area contributed by atoms with E-state index in [4.69, 9.17) is 0 Å². The highest BCUT2D eigenvalue weighted by molar-refractivity contribution is 9.10. The molecule has 0 amide bonds. The van der Waals surface area contributed by atoms with Crippen molar-refractivity contribution in [2.24, 2.45) is 0 Å². The molecule has 5 nitrogen and oxygen atoms in total. The zero-order valence-electron chi connectivity index (χ0n) is 10.2. The van der Waals surface area contributed by atoms with E-state index in [1.54, 1.807) is 6.20 Å². The monoisotopic (exact) mass is 307 g/mol. The molecule has 0 aliphatic rings. The number of nitrogens with one attached hydrogen (secondary N) is 2. The first-order valence-corrected chi connectivity index (χ1v) is 6.41. The molecule has 0 unspecified atom stereocenters. The number of rotatable bonds is 4. The molecule has 18 heavy (non-hydrogen) atoms. The first-order valence-electron chi connectivity index (χ1n) is 5.62. The van der Waals surface area contributed by atoms with Gasteiger partial charge >= 0.3 is 0 Å². The molecule has 94 valence electrons. The van der Waals surface area contributed by atoms with Crippen molar-refractivity contribution in [3.05, 3.63) is 34.9 Å². The molecule has 2 rings (SSSR count). The van der Waals surface area contributed by atoms with Gasteiger partial charge in [0.15, 0.2) is 5.82 Å². The summed E-state index contributed by atoms with van der Waals surface area (Å²) in [7, 11) is 0. The minimum atomic E-state index is 0.306. The first kappa shape index (κ1) is 12.8. The van der Waals surface area contributed by atoms with Crippen LogP contribution in [0.1, 0.15) is 13.8 Å². The fourth-order valence-corrected chi connectivity index (χ4v) is 1.82. The zero-order chi connectivity index (χ0) is 13.0. The highest BCUT2D eigenvalue weighted by Crippen LogP contribution is 2.18. The fraction of sp³-hybridized carbons (Fsp3) is 0.250. The topological polar surface area (TPSA) is 62.7 Å². The minimum absolute atomic E-state index is 0.306. The summed E-state index contributed by atoms with van der Waals surface area (Å²) in [4.78, 5) is 4.33. The van der Waals surface area contributed by atoms with E-state index in [9.17, 15) is 0 Å². The van der Waals surface area contributed by atoms with Crippen molar-refractivity contribution in [2.75, 3.05) is 10.6 Å². The van der Waals surface area contributed by atoms with Crippen molar-refractivity contribution in [3.8, 4) is 0 Å². The van der Waals surface area contributed by atoms with Crippen molar-refractivity contribution < 1.29 is 0 Å². The summed E-state index contributed by atoms with van der Waals surface area (Å²) < 4.78 is 0.997. The van der Waals surface area contributed by atoms with Crippen LogP contribution >= 0.6 is 15.9 Å². The summed E-state index contributed by atoms with van der Waals surface area (Å²) in [5, 5.41) is 14.1. The normalized spacial score (nSPS) is 10.4. The van der Waals surface area contributed by atoms with Gasteiger partial charge in [0, 0.05) is 16.2 Å². The van der Waals surface area contributed by atoms with E-state index >= 15 is 0 Å². The Morgan fingerprint density at radius 2 is 2.11 bits per heavy atom. The van der Waals surface area contributed by atoms with Crippen molar-refractivity contribution in [1.29, 1.82) is 0 Å². The summed E-state index contributed by atoms with van der Waals surface area (Å²) in [6.45, 7) is 4.09. The van der Waals surface area contributed by atoms with Crippen LogP contribution in [0.15, 0.2) is 34.9 Å². The number of hydrogen-bond donors (Lipinski definition) is 2. The predicted octanol–water partition coefficient (Wildman–Crippen LogP) is 3.20. The largest absolute Gasteiger partial charge is 0.366 e. The average molecular weight is 308 g/mol. The van der Waals surface area contributed by atoms with E-state index in [2.05, 4.69) is 41.7 Å². The Balaban J connectivity index is 2.14. The van der Waals surface area contributed by atoms with Crippen LogP contribution in [0, 0.1) is 0 Å². The Kier molecular flexibility index (Phi) is 4.09. The molecule has 0 radical (unpaired) electrons. The van der Waals surface area contributed by atoms with Gasteiger partial charge in [-0.25, -0.2) is 0 Å². The molecule has 2 aromatic rings. The van der Waals surface area contributed by atoms with E-state index in [0.29, 0.717) is 17.8 Å². The molecule has 1 heterocycles. The number of aromatic nitrogens is 3. The maximum absolute atomic E-state index is 4.33. The molecule has 0 atom stereocenters. The Bertz CT molecular complexity index is 529. The van der Waals surface area contributed by atoms with Gasteiger partial charge < -0.3 is 10.6 Å². The number of nitrogens with zero attached hydrogens (tertiary/aromatic N) is 3. The van der Waals surface area contributed by atoms with E-state index < -0.39 is 0 Å². The highest BCUT2D eigenvalue weighted by atomic mass is 79.9. The number of anilines is 3. The quantitative estimate of drug-likeness (QED) is 0.908. The van der Waals surface area contributed by atoms with E-state index in [-0.39, 0.29) is 0 Å². The van der Waals surface area contributed by atoms with Crippen LogP contribution in [-0.2, 0) is 0 Å². The molecule has 0 aliphatic heterocycles. The molecule has 1 aromatic carbocycles. The molecule has 0 saturated heterocycles. The van der Waals surface area contributed by atoms with Gasteiger partial charge in [-0.3, -0.25) is 0 Å². The van der Waals surface area contributed by atoms with Crippen molar-refractivity contribution in [3.63, 3.8) is 0 Å². The Hall–Kier alpha value is -1.69. The summed E-state index contributed by atoms with van der Waals surface area (Å²) >= 11 is 3.41. The first-order chi connectivity index (χ1) is 8.63. The average Bonchev–Trinajstić information content (AvgIpc) is 2.28. The van der Waals surface area contributed by atoms with Gasteiger partial charge in [-0.2, -0.15) is 10.1 Å². The molecule has 0 saturated carbocycles. The van der Waals surface area contributed by atoms with Gasteiger partial charge in [0.1, 0.15) is 0 Å². The lowest BCUT2D eigenvalue weighted by molar-refractivity contribution is 0.873. The third kappa shape index (κ3) is 3.66. The highest BCUT2D eigenvalue weighted by Gasteiger charge is 2.02. The molecule has 6 heteroatoms. The SMILES string of the molecule is CC(C)Nc1cnnc(Nc2cccc(Br)c2)n1. The van der Waals surface area contributed by atoms with Gasteiger partial charge in [0.2, 0.25) is 5.95 Å². The lowest BCUT2D eigenvalue weighted by Gasteiger charge is -2.09.